The fraction of sp³-hybridized carbons (Fsp3) is 0.333. The van der Waals surface area contributed by atoms with Gasteiger partial charge in [-0.3, -0.25) is 4.68 Å². The number of methoxy groups -OCH3 is 1. The molecule has 0 aliphatic heterocycles. The molecule has 1 aromatic carbocycles. The summed E-state index contributed by atoms with van der Waals surface area (Å²) in [5.74, 6) is 2.29. The predicted octanol–water partition coefficient (Wildman–Crippen LogP) is 2.71. The van der Waals surface area contributed by atoms with Crippen LogP contribution in [-0.4, -0.2) is 21.9 Å². The maximum absolute atomic E-state index is 6.07. The van der Waals surface area contributed by atoms with Gasteiger partial charge in [-0.05, 0) is 18.2 Å². The van der Waals surface area contributed by atoms with E-state index in [-0.39, 0.29) is 0 Å². The summed E-state index contributed by atoms with van der Waals surface area (Å²) >= 11 is 6.07. The molecule has 0 radical (unpaired) electrons. The molecular weight excluding hydrogens is 238 g/mol. The molecule has 0 aliphatic rings. The number of halogens is 1. The van der Waals surface area contributed by atoms with E-state index in [2.05, 4.69) is 17.0 Å². The molecule has 0 aliphatic carbocycles. The maximum atomic E-state index is 6.07. The molecule has 0 N–H and O–H groups in total. The first-order valence-electron chi connectivity index (χ1n) is 5.39. The van der Waals surface area contributed by atoms with Crippen LogP contribution in [0.5, 0.6) is 5.75 Å². The second-order valence-electron chi connectivity index (χ2n) is 3.68. The highest BCUT2D eigenvalue weighted by Crippen LogP contribution is 2.28. The molecule has 0 fully saturated rings. The Morgan fingerprint density at radius 2 is 2.18 bits per heavy atom. The van der Waals surface area contributed by atoms with Crippen LogP contribution in [0.4, 0.5) is 0 Å². The van der Waals surface area contributed by atoms with Gasteiger partial charge >= 0.3 is 0 Å². The first-order valence-corrected chi connectivity index (χ1v) is 5.77. The summed E-state index contributed by atoms with van der Waals surface area (Å²) in [4.78, 5) is 4.45. The van der Waals surface area contributed by atoms with Crippen molar-refractivity contribution in [1.29, 1.82) is 0 Å². The third-order valence-corrected chi connectivity index (χ3v) is 2.87. The lowest BCUT2D eigenvalue weighted by Gasteiger charge is -2.03. The minimum Gasteiger partial charge on any atom is -0.495 e. The van der Waals surface area contributed by atoms with Gasteiger partial charge in [-0.1, -0.05) is 18.5 Å². The first-order chi connectivity index (χ1) is 8.15. The van der Waals surface area contributed by atoms with Gasteiger partial charge in [0.2, 0.25) is 0 Å². The molecule has 1 aromatic heterocycles. The zero-order valence-electron chi connectivity index (χ0n) is 10.1. The highest BCUT2D eigenvalue weighted by Gasteiger charge is 2.10. The zero-order chi connectivity index (χ0) is 12.4. The Labute approximate surface area is 105 Å². The van der Waals surface area contributed by atoms with Crippen LogP contribution in [0.1, 0.15) is 12.7 Å². The molecule has 0 saturated heterocycles. The minimum atomic E-state index is 0.565. The molecule has 0 spiro atoms. The van der Waals surface area contributed by atoms with Gasteiger partial charge < -0.3 is 4.74 Å². The zero-order valence-corrected chi connectivity index (χ0v) is 10.8. The van der Waals surface area contributed by atoms with Crippen molar-refractivity contribution in [2.75, 3.05) is 7.11 Å². The van der Waals surface area contributed by atoms with E-state index >= 15 is 0 Å². The molecule has 0 bridgehead atoms. The number of hydrogen-bond acceptors (Lipinski definition) is 3. The molecule has 90 valence electrons. The number of hydrogen-bond donors (Lipinski definition) is 0. The van der Waals surface area contributed by atoms with Gasteiger partial charge in [0, 0.05) is 19.0 Å². The second kappa shape index (κ2) is 4.75. The van der Waals surface area contributed by atoms with Crippen molar-refractivity contribution in [2.24, 2.45) is 7.05 Å². The molecular formula is C12H14ClN3O. The van der Waals surface area contributed by atoms with Crippen LogP contribution in [0.3, 0.4) is 0 Å². The second-order valence-corrected chi connectivity index (χ2v) is 4.09. The van der Waals surface area contributed by atoms with E-state index in [1.54, 1.807) is 11.8 Å². The van der Waals surface area contributed by atoms with Gasteiger partial charge in [-0.2, -0.15) is 5.10 Å². The largest absolute Gasteiger partial charge is 0.495 e. The number of rotatable bonds is 3. The number of ether oxygens (including phenoxy) is 1. The van der Waals surface area contributed by atoms with E-state index < -0.39 is 0 Å². The first kappa shape index (κ1) is 11.9. The topological polar surface area (TPSA) is 39.9 Å². The van der Waals surface area contributed by atoms with Crippen molar-refractivity contribution in [3.63, 3.8) is 0 Å². The summed E-state index contributed by atoms with van der Waals surface area (Å²) < 4.78 is 6.89. The monoisotopic (exact) mass is 251 g/mol. The molecule has 0 atom stereocenters. The van der Waals surface area contributed by atoms with Crippen LogP contribution in [0, 0.1) is 0 Å². The van der Waals surface area contributed by atoms with Crippen LogP contribution >= 0.6 is 11.6 Å². The fourth-order valence-corrected chi connectivity index (χ4v) is 1.91. The molecule has 17 heavy (non-hydrogen) atoms. The Hall–Kier alpha value is -1.55. The standard InChI is InChI=1S/C12H14ClN3O/c1-4-11-14-12(15-16(11)2)8-5-6-10(17-3)9(13)7-8/h5-7H,4H2,1-3H3. The van der Waals surface area contributed by atoms with Crippen LogP contribution in [0.2, 0.25) is 5.02 Å². The summed E-state index contributed by atoms with van der Waals surface area (Å²) in [5.41, 5.74) is 0.895. The summed E-state index contributed by atoms with van der Waals surface area (Å²) in [6.07, 6.45) is 0.855. The summed E-state index contributed by atoms with van der Waals surface area (Å²) in [5, 5.41) is 4.92. The summed E-state index contributed by atoms with van der Waals surface area (Å²) in [6.45, 7) is 2.05. The van der Waals surface area contributed by atoms with Crippen molar-refractivity contribution in [1.82, 2.24) is 14.8 Å². The van der Waals surface area contributed by atoms with Gasteiger partial charge in [0.25, 0.3) is 0 Å². The smallest absolute Gasteiger partial charge is 0.181 e. The lowest BCUT2D eigenvalue weighted by atomic mass is 10.2. The van der Waals surface area contributed by atoms with Gasteiger partial charge in [0.15, 0.2) is 5.82 Å². The van der Waals surface area contributed by atoms with Gasteiger partial charge in [-0.25, -0.2) is 4.98 Å². The fourth-order valence-electron chi connectivity index (χ4n) is 1.65. The summed E-state index contributed by atoms with van der Waals surface area (Å²) in [7, 11) is 3.48. The molecule has 2 aromatic rings. The Morgan fingerprint density at radius 3 is 2.71 bits per heavy atom. The van der Waals surface area contributed by atoms with E-state index in [4.69, 9.17) is 16.3 Å². The van der Waals surface area contributed by atoms with Crippen molar-refractivity contribution in [3.05, 3.63) is 29.0 Å². The number of aromatic nitrogens is 3. The van der Waals surface area contributed by atoms with Crippen LogP contribution < -0.4 is 4.74 Å². The lowest BCUT2D eigenvalue weighted by Crippen LogP contribution is -1.96. The SMILES string of the molecule is CCc1nc(-c2ccc(OC)c(Cl)c2)nn1C. The minimum absolute atomic E-state index is 0.565. The maximum Gasteiger partial charge on any atom is 0.181 e. The molecule has 0 unspecified atom stereocenters. The van der Waals surface area contributed by atoms with Crippen LogP contribution in [0.25, 0.3) is 11.4 Å². The highest BCUT2D eigenvalue weighted by atomic mass is 35.5. The van der Waals surface area contributed by atoms with E-state index in [1.807, 2.05) is 25.2 Å². The lowest BCUT2D eigenvalue weighted by molar-refractivity contribution is 0.415. The molecule has 4 nitrogen and oxygen atoms in total. The summed E-state index contributed by atoms with van der Waals surface area (Å²) in [6, 6.07) is 5.54. The Kier molecular flexibility index (Phi) is 3.33. The quantitative estimate of drug-likeness (QED) is 0.842. The van der Waals surface area contributed by atoms with Gasteiger partial charge in [0.05, 0.1) is 12.1 Å². The number of benzene rings is 1. The highest BCUT2D eigenvalue weighted by molar-refractivity contribution is 6.32. The third kappa shape index (κ3) is 2.26. The van der Waals surface area contributed by atoms with Crippen molar-refractivity contribution >= 4 is 11.6 Å². The predicted molar refractivity (Wildman–Crippen MR) is 67.4 cm³/mol. The van der Waals surface area contributed by atoms with E-state index in [9.17, 15) is 0 Å². The van der Waals surface area contributed by atoms with Crippen molar-refractivity contribution in [2.45, 2.75) is 13.3 Å². The Morgan fingerprint density at radius 1 is 1.41 bits per heavy atom. The van der Waals surface area contributed by atoms with E-state index in [0.717, 1.165) is 17.8 Å². The molecule has 5 heteroatoms. The molecule has 1 heterocycles. The van der Waals surface area contributed by atoms with Crippen LogP contribution in [-0.2, 0) is 13.5 Å². The average molecular weight is 252 g/mol. The molecule has 0 saturated carbocycles. The van der Waals surface area contributed by atoms with Gasteiger partial charge in [-0.15, -0.1) is 0 Å². The Balaban J connectivity index is 2.42. The van der Waals surface area contributed by atoms with E-state index in [0.29, 0.717) is 16.6 Å². The Bertz CT molecular complexity index is 537. The molecule has 2 rings (SSSR count). The normalized spacial score (nSPS) is 10.6. The van der Waals surface area contributed by atoms with E-state index in [1.165, 1.54) is 0 Å². The average Bonchev–Trinajstić information content (AvgIpc) is 2.70. The molecule has 0 amide bonds. The van der Waals surface area contributed by atoms with Crippen LogP contribution in [0.15, 0.2) is 18.2 Å². The van der Waals surface area contributed by atoms with Crippen molar-refractivity contribution in [3.8, 4) is 17.1 Å². The number of nitrogens with zero attached hydrogens (tertiary/aromatic N) is 3. The number of aryl methyl sites for hydroxylation is 2. The van der Waals surface area contributed by atoms with Gasteiger partial charge in [0.1, 0.15) is 11.6 Å². The third-order valence-electron chi connectivity index (χ3n) is 2.58. The van der Waals surface area contributed by atoms with Crippen molar-refractivity contribution < 1.29 is 4.74 Å².